The van der Waals surface area contributed by atoms with Gasteiger partial charge in [-0.25, -0.2) is 4.98 Å². The van der Waals surface area contributed by atoms with Crippen molar-refractivity contribution in [2.24, 2.45) is 0 Å². The van der Waals surface area contributed by atoms with Crippen LogP contribution in [0.2, 0.25) is 0 Å². The third kappa shape index (κ3) is 2.65. The molecule has 1 aromatic carbocycles. The summed E-state index contributed by atoms with van der Waals surface area (Å²) < 4.78 is 5.25. The highest BCUT2D eigenvalue weighted by atomic mass is 32.1. The number of nitrogens with zero attached hydrogens (tertiary/aromatic N) is 1. The average Bonchev–Trinajstić information content (AvgIpc) is 2.78. The Labute approximate surface area is 105 Å². The van der Waals surface area contributed by atoms with Gasteiger partial charge >= 0.3 is 0 Å². The molecule has 0 saturated carbocycles. The first-order chi connectivity index (χ1) is 8.24. The van der Waals surface area contributed by atoms with E-state index in [0.29, 0.717) is 0 Å². The second kappa shape index (κ2) is 5.29. The van der Waals surface area contributed by atoms with E-state index in [1.807, 2.05) is 26.1 Å². The van der Waals surface area contributed by atoms with E-state index < -0.39 is 0 Å². The first-order valence-corrected chi connectivity index (χ1v) is 6.36. The third-order valence-corrected chi connectivity index (χ3v) is 3.42. The van der Waals surface area contributed by atoms with Crippen LogP contribution in [0.1, 0.15) is 10.6 Å². The highest BCUT2D eigenvalue weighted by molar-refractivity contribution is 7.09. The van der Waals surface area contributed by atoms with Crippen LogP contribution in [0.25, 0.3) is 11.3 Å². The summed E-state index contributed by atoms with van der Waals surface area (Å²) in [5, 5.41) is 6.30. The Hall–Kier alpha value is -1.39. The summed E-state index contributed by atoms with van der Waals surface area (Å²) in [5.74, 6) is 0.916. The molecule has 0 fully saturated rings. The van der Waals surface area contributed by atoms with E-state index >= 15 is 0 Å². The molecule has 17 heavy (non-hydrogen) atoms. The molecule has 0 bridgehead atoms. The van der Waals surface area contributed by atoms with Gasteiger partial charge in [0.2, 0.25) is 0 Å². The van der Waals surface area contributed by atoms with Crippen LogP contribution >= 0.6 is 11.3 Å². The lowest BCUT2D eigenvalue weighted by Crippen LogP contribution is -2.04. The van der Waals surface area contributed by atoms with E-state index in [0.717, 1.165) is 34.1 Å². The lowest BCUT2D eigenvalue weighted by molar-refractivity contribution is 0.412. The number of ether oxygens (including phenoxy) is 1. The Morgan fingerprint density at radius 2 is 2.24 bits per heavy atom. The number of thiazole rings is 1. The smallest absolute Gasteiger partial charge is 0.121 e. The van der Waals surface area contributed by atoms with Gasteiger partial charge in [-0.1, -0.05) is 0 Å². The van der Waals surface area contributed by atoms with Crippen LogP contribution < -0.4 is 10.1 Å². The zero-order valence-corrected chi connectivity index (χ0v) is 11.1. The number of aryl methyl sites for hydroxylation is 1. The minimum atomic E-state index is 0.819. The van der Waals surface area contributed by atoms with Gasteiger partial charge in [-0.05, 0) is 37.7 Å². The molecular formula is C13H16N2OS. The second-order valence-corrected chi connectivity index (χ2v) is 4.78. The largest absolute Gasteiger partial charge is 0.496 e. The van der Waals surface area contributed by atoms with Gasteiger partial charge in [0.25, 0.3) is 0 Å². The summed E-state index contributed by atoms with van der Waals surface area (Å²) in [6.07, 6.45) is 0. The van der Waals surface area contributed by atoms with Crippen molar-refractivity contribution >= 4 is 11.3 Å². The van der Waals surface area contributed by atoms with Crippen LogP contribution in [0.15, 0.2) is 23.6 Å². The molecule has 2 rings (SSSR count). The van der Waals surface area contributed by atoms with Crippen molar-refractivity contribution in [2.45, 2.75) is 13.5 Å². The van der Waals surface area contributed by atoms with Gasteiger partial charge in [0.05, 0.1) is 12.8 Å². The molecule has 3 nitrogen and oxygen atoms in total. The fourth-order valence-corrected chi connectivity index (χ4v) is 2.53. The molecule has 1 aromatic heterocycles. The molecule has 2 aromatic rings. The maximum absolute atomic E-state index is 5.25. The van der Waals surface area contributed by atoms with Crippen molar-refractivity contribution in [3.05, 3.63) is 34.2 Å². The minimum Gasteiger partial charge on any atom is -0.496 e. The summed E-state index contributed by atoms with van der Waals surface area (Å²) >= 11 is 1.68. The first kappa shape index (κ1) is 12.1. The summed E-state index contributed by atoms with van der Waals surface area (Å²) in [4.78, 5) is 4.58. The Morgan fingerprint density at radius 1 is 1.41 bits per heavy atom. The molecule has 0 aliphatic carbocycles. The molecule has 0 aliphatic rings. The molecule has 4 heteroatoms. The molecule has 0 aliphatic heterocycles. The van der Waals surface area contributed by atoms with Gasteiger partial charge < -0.3 is 10.1 Å². The fourth-order valence-electron chi connectivity index (χ4n) is 1.71. The quantitative estimate of drug-likeness (QED) is 0.903. The van der Waals surface area contributed by atoms with Crippen LogP contribution in [0.3, 0.4) is 0 Å². The monoisotopic (exact) mass is 248 g/mol. The first-order valence-electron chi connectivity index (χ1n) is 5.48. The molecule has 90 valence electrons. The van der Waals surface area contributed by atoms with Crippen molar-refractivity contribution < 1.29 is 4.74 Å². The number of methoxy groups -OCH3 is 1. The van der Waals surface area contributed by atoms with Gasteiger partial charge in [0.15, 0.2) is 0 Å². The Bertz CT molecular complexity index is 508. The molecule has 1 heterocycles. The lowest BCUT2D eigenvalue weighted by Gasteiger charge is -2.05. The molecule has 0 amide bonds. The fraction of sp³-hybridized carbons (Fsp3) is 0.308. The van der Waals surface area contributed by atoms with E-state index in [2.05, 4.69) is 21.7 Å². The summed E-state index contributed by atoms with van der Waals surface area (Å²) in [6.45, 7) is 2.86. The maximum Gasteiger partial charge on any atom is 0.121 e. The Morgan fingerprint density at radius 3 is 2.88 bits per heavy atom. The van der Waals surface area contributed by atoms with E-state index in [4.69, 9.17) is 4.74 Å². The molecule has 0 radical (unpaired) electrons. The van der Waals surface area contributed by atoms with E-state index in [-0.39, 0.29) is 0 Å². The molecule has 0 saturated heterocycles. The van der Waals surface area contributed by atoms with Crippen molar-refractivity contribution in [2.75, 3.05) is 14.2 Å². The number of nitrogens with one attached hydrogen (secondary N) is 1. The average molecular weight is 248 g/mol. The van der Waals surface area contributed by atoms with Gasteiger partial charge in [-0.2, -0.15) is 0 Å². The zero-order valence-electron chi connectivity index (χ0n) is 10.3. The number of hydrogen-bond donors (Lipinski definition) is 1. The highest BCUT2D eigenvalue weighted by Gasteiger charge is 2.06. The number of rotatable bonds is 4. The standard InChI is InChI=1S/C13H16N2OS/c1-9-6-10(4-5-12(9)16-3)11-8-17-13(15-11)7-14-2/h4-6,8,14H,7H2,1-3H3. The van der Waals surface area contributed by atoms with Crippen LogP contribution in [-0.2, 0) is 6.54 Å². The van der Waals surface area contributed by atoms with Crippen LogP contribution in [0.5, 0.6) is 5.75 Å². The number of aromatic nitrogens is 1. The lowest BCUT2D eigenvalue weighted by atomic mass is 10.1. The van der Waals surface area contributed by atoms with Crippen LogP contribution in [0.4, 0.5) is 0 Å². The molecular weight excluding hydrogens is 232 g/mol. The molecule has 1 N–H and O–H groups in total. The summed E-state index contributed by atoms with van der Waals surface area (Å²) in [7, 11) is 3.62. The molecule has 0 atom stereocenters. The second-order valence-electron chi connectivity index (χ2n) is 3.84. The normalized spacial score (nSPS) is 10.5. The van der Waals surface area contributed by atoms with Gasteiger partial charge in [0, 0.05) is 17.5 Å². The summed E-state index contributed by atoms with van der Waals surface area (Å²) in [5.41, 5.74) is 3.31. The van der Waals surface area contributed by atoms with Crippen molar-refractivity contribution in [3.8, 4) is 17.0 Å². The van der Waals surface area contributed by atoms with Crippen molar-refractivity contribution in [1.82, 2.24) is 10.3 Å². The minimum absolute atomic E-state index is 0.819. The molecule has 0 unspecified atom stereocenters. The summed E-state index contributed by atoms with van der Waals surface area (Å²) in [6, 6.07) is 6.14. The predicted molar refractivity (Wildman–Crippen MR) is 71.6 cm³/mol. The van der Waals surface area contributed by atoms with E-state index in [1.54, 1.807) is 18.4 Å². The number of hydrogen-bond acceptors (Lipinski definition) is 4. The Kier molecular flexibility index (Phi) is 3.76. The third-order valence-electron chi connectivity index (χ3n) is 2.57. The maximum atomic E-state index is 5.25. The Balaban J connectivity index is 2.29. The van der Waals surface area contributed by atoms with Crippen LogP contribution in [0, 0.1) is 6.92 Å². The molecule has 0 spiro atoms. The predicted octanol–water partition coefficient (Wildman–Crippen LogP) is 2.85. The van der Waals surface area contributed by atoms with Crippen LogP contribution in [-0.4, -0.2) is 19.1 Å². The van der Waals surface area contributed by atoms with Crippen molar-refractivity contribution in [3.63, 3.8) is 0 Å². The van der Waals surface area contributed by atoms with E-state index in [1.165, 1.54) is 0 Å². The SMILES string of the molecule is CNCc1nc(-c2ccc(OC)c(C)c2)cs1. The van der Waals surface area contributed by atoms with Gasteiger partial charge in [-0.3, -0.25) is 0 Å². The van der Waals surface area contributed by atoms with E-state index in [9.17, 15) is 0 Å². The highest BCUT2D eigenvalue weighted by Crippen LogP contribution is 2.27. The van der Waals surface area contributed by atoms with Gasteiger partial charge in [0.1, 0.15) is 10.8 Å². The van der Waals surface area contributed by atoms with Crippen molar-refractivity contribution in [1.29, 1.82) is 0 Å². The van der Waals surface area contributed by atoms with Gasteiger partial charge in [-0.15, -0.1) is 11.3 Å². The zero-order chi connectivity index (χ0) is 12.3. The topological polar surface area (TPSA) is 34.2 Å². The number of benzene rings is 1.